The van der Waals surface area contributed by atoms with Gasteiger partial charge in [0.15, 0.2) is 0 Å². The van der Waals surface area contributed by atoms with Crippen LogP contribution in [0.1, 0.15) is 33.4 Å². The van der Waals surface area contributed by atoms with Gasteiger partial charge in [0.1, 0.15) is 0 Å². The van der Waals surface area contributed by atoms with Crippen LogP contribution in [0.4, 0.5) is 0 Å². The molecule has 0 aliphatic heterocycles. The molecule has 0 fully saturated rings. The van der Waals surface area contributed by atoms with Gasteiger partial charge in [-0.1, -0.05) is 28.1 Å². The van der Waals surface area contributed by atoms with E-state index >= 15 is 0 Å². The largest absolute Gasteiger partial charge is 0.271 e. The Hall–Kier alpha value is -0.750. The monoisotopic (exact) mass is 339 g/mol. The zero-order chi connectivity index (χ0) is 14.0. The maximum Gasteiger partial charge on any atom is 0.0897 e. The van der Waals surface area contributed by atoms with Crippen molar-refractivity contribution in [1.29, 1.82) is 0 Å². The van der Waals surface area contributed by atoms with Crippen LogP contribution in [0.25, 0.3) is 0 Å². The van der Waals surface area contributed by atoms with E-state index in [0.717, 1.165) is 21.6 Å². The smallest absolute Gasteiger partial charge is 0.0897 e. The van der Waals surface area contributed by atoms with Crippen LogP contribution in [-0.2, 0) is 6.42 Å². The fourth-order valence-corrected chi connectivity index (χ4v) is 3.02. The summed E-state index contributed by atoms with van der Waals surface area (Å²) in [5.41, 5.74) is 7.64. The predicted octanol–water partition coefficient (Wildman–Crippen LogP) is 3.58. The van der Waals surface area contributed by atoms with Crippen LogP contribution in [0.15, 0.2) is 22.0 Å². The Labute approximate surface area is 126 Å². The molecule has 1 aromatic heterocycles. The van der Waals surface area contributed by atoms with Crippen molar-refractivity contribution in [2.75, 3.05) is 0 Å². The zero-order valence-corrected chi connectivity index (χ0v) is 13.7. The molecule has 0 aliphatic carbocycles. The van der Waals surface area contributed by atoms with Gasteiger partial charge in [-0.15, -0.1) is 11.3 Å². The molecule has 1 unspecified atom stereocenters. The second kappa shape index (κ2) is 6.13. The van der Waals surface area contributed by atoms with Crippen LogP contribution >= 0.6 is 27.3 Å². The van der Waals surface area contributed by atoms with Crippen molar-refractivity contribution in [3.63, 3.8) is 0 Å². The summed E-state index contributed by atoms with van der Waals surface area (Å²) in [6.45, 7) is 6.22. The molecule has 0 saturated carbocycles. The lowest BCUT2D eigenvalue weighted by Gasteiger charge is -2.17. The minimum absolute atomic E-state index is 0.0898. The molecule has 3 nitrogen and oxygen atoms in total. The number of aromatic nitrogens is 1. The molecule has 1 heterocycles. The van der Waals surface area contributed by atoms with Crippen molar-refractivity contribution >= 4 is 27.3 Å². The molecule has 0 amide bonds. The highest BCUT2D eigenvalue weighted by molar-refractivity contribution is 9.10. The Morgan fingerprint density at radius 2 is 1.95 bits per heavy atom. The number of hydrogen-bond acceptors (Lipinski definition) is 4. The lowest BCUT2D eigenvalue weighted by molar-refractivity contribution is 0.546. The van der Waals surface area contributed by atoms with Gasteiger partial charge < -0.3 is 0 Å². The number of benzene rings is 1. The first-order chi connectivity index (χ1) is 9.01. The Bertz CT molecular complexity index is 557. The number of nitrogens with zero attached hydrogens (tertiary/aromatic N) is 1. The molecule has 5 heteroatoms. The number of hydrogen-bond donors (Lipinski definition) is 2. The molecule has 2 rings (SSSR count). The van der Waals surface area contributed by atoms with Crippen molar-refractivity contribution in [3.05, 3.63) is 49.4 Å². The molecule has 1 atom stereocenters. The molecule has 102 valence electrons. The Morgan fingerprint density at radius 3 is 2.42 bits per heavy atom. The maximum atomic E-state index is 5.71. The van der Waals surface area contributed by atoms with E-state index in [1.807, 2.05) is 6.92 Å². The number of hydrazine groups is 1. The SMILES string of the molecule is Cc1nc(CC(NN)c2cc(C)c(Br)c(C)c2)cs1. The third kappa shape index (κ3) is 3.42. The summed E-state index contributed by atoms with van der Waals surface area (Å²) in [4.78, 5) is 4.50. The Balaban J connectivity index is 2.27. The van der Waals surface area contributed by atoms with E-state index in [1.165, 1.54) is 16.7 Å². The first-order valence-corrected chi connectivity index (χ1v) is 7.82. The fourth-order valence-electron chi connectivity index (χ4n) is 2.16. The van der Waals surface area contributed by atoms with Gasteiger partial charge in [0, 0.05) is 16.3 Å². The Morgan fingerprint density at radius 1 is 1.32 bits per heavy atom. The molecule has 1 aromatic carbocycles. The third-order valence-electron chi connectivity index (χ3n) is 3.14. The molecule has 0 bridgehead atoms. The summed E-state index contributed by atoms with van der Waals surface area (Å²) in [5.74, 6) is 5.71. The highest BCUT2D eigenvalue weighted by Crippen LogP contribution is 2.27. The topological polar surface area (TPSA) is 50.9 Å². The van der Waals surface area contributed by atoms with E-state index < -0.39 is 0 Å². The molecule has 0 aliphatic rings. The van der Waals surface area contributed by atoms with Gasteiger partial charge in [-0.2, -0.15) is 0 Å². The lowest BCUT2D eigenvalue weighted by Crippen LogP contribution is -2.29. The van der Waals surface area contributed by atoms with E-state index in [1.54, 1.807) is 11.3 Å². The van der Waals surface area contributed by atoms with Crippen LogP contribution < -0.4 is 11.3 Å². The van der Waals surface area contributed by atoms with Crippen molar-refractivity contribution in [2.24, 2.45) is 5.84 Å². The quantitative estimate of drug-likeness (QED) is 0.661. The van der Waals surface area contributed by atoms with E-state index in [0.29, 0.717) is 0 Å². The number of aryl methyl sites for hydroxylation is 3. The summed E-state index contributed by atoms with van der Waals surface area (Å²) < 4.78 is 1.16. The predicted molar refractivity (Wildman–Crippen MR) is 84.2 cm³/mol. The lowest BCUT2D eigenvalue weighted by atomic mass is 9.99. The molecular weight excluding hydrogens is 322 g/mol. The van der Waals surface area contributed by atoms with Gasteiger partial charge in [0.25, 0.3) is 0 Å². The summed E-state index contributed by atoms with van der Waals surface area (Å²) in [5, 5.41) is 3.19. The Kier molecular flexibility index (Phi) is 4.73. The van der Waals surface area contributed by atoms with Crippen molar-refractivity contribution < 1.29 is 0 Å². The van der Waals surface area contributed by atoms with Crippen molar-refractivity contribution in [1.82, 2.24) is 10.4 Å². The fraction of sp³-hybridized carbons (Fsp3) is 0.357. The van der Waals surface area contributed by atoms with Crippen LogP contribution in [0, 0.1) is 20.8 Å². The molecule has 2 aromatic rings. The van der Waals surface area contributed by atoms with Crippen molar-refractivity contribution in [3.8, 4) is 0 Å². The minimum Gasteiger partial charge on any atom is -0.271 e. The van der Waals surface area contributed by atoms with Gasteiger partial charge in [-0.25, -0.2) is 4.98 Å². The van der Waals surface area contributed by atoms with Crippen LogP contribution in [0.5, 0.6) is 0 Å². The van der Waals surface area contributed by atoms with Gasteiger partial charge in [-0.05, 0) is 37.5 Å². The number of nitrogens with one attached hydrogen (secondary N) is 1. The van der Waals surface area contributed by atoms with Gasteiger partial charge in [0.2, 0.25) is 0 Å². The normalized spacial score (nSPS) is 12.7. The van der Waals surface area contributed by atoms with Crippen molar-refractivity contribution in [2.45, 2.75) is 33.2 Å². The van der Waals surface area contributed by atoms with E-state index in [4.69, 9.17) is 5.84 Å². The maximum absolute atomic E-state index is 5.71. The summed E-state index contributed by atoms with van der Waals surface area (Å²) >= 11 is 5.27. The van der Waals surface area contributed by atoms with E-state index in [9.17, 15) is 0 Å². The molecular formula is C14H18BrN3S. The molecule has 3 N–H and O–H groups in total. The second-order valence-corrected chi connectivity index (χ2v) is 6.61. The summed E-state index contributed by atoms with van der Waals surface area (Å²) in [6, 6.07) is 4.42. The second-order valence-electron chi connectivity index (χ2n) is 4.75. The zero-order valence-electron chi connectivity index (χ0n) is 11.3. The minimum atomic E-state index is 0.0898. The summed E-state index contributed by atoms with van der Waals surface area (Å²) in [6.07, 6.45) is 0.807. The highest BCUT2D eigenvalue weighted by Gasteiger charge is 2.14. The van der Waals surface area contributed by atoms with E-state index in [2.05, 4.69) is 57.7 Å². The third-order valence-corrected chi connectivity index (χ3v) is 5.22. The molecule has 0 saturated heterocycles. The van der Waals surface area contributed by atoms with E-state index in [-0.39, 0.29) is 6.04 Å². The van der Waals surface area contributed by atoms with Crippen LogP contribution in [0.2, 0.25) is 0 Å². The molecule has 19 heavy (non-hydrogen) atoms. The average molecular weight is 340 g/mol. The molecule has 0 spiro atoms. The first-order valence-electron chi connectivity index (χ1n) is 6.15. The standard InChI is InChI=1S/C14H18BrN3S/c1-8-4-11(5-9(2)14(8)15)13(18-16)6-12-7-19-10(3)17-12/h4-5,7,13,18H,6,16H2,1-3H3. The van der Waals surface area contributed by atoms with Gasteiger partial charge in [-0.3, -0.25) is 11.3 Å². The van der Waals surface area contributed by atoms with Gasteiger partial charge >= 0.3 is 0 Å². The average Bonchev–Trinajstić information content (AvgIpc) is 2.78. The molecule has 0 radical (unpaired) electrons. The van der Waals surface area contributed by atoms with Crippen LogP contribution in [0.3, 0.4) is 0 Å². The highest BCUT2D eigenvalue weighted by atomic mass is 79.9. The van der Waals surface area contributed by atoms with Gasteiger partial charge in [0.05, 0.1) is 16.7 Å². The number of rotatable bonds is 4. The number of nitrogens with two attached hydrogens (primary N) is 1. The number of thiazole rings is 1. The number of halogens is 1. The van der Waals surface area contributed by atoms with Crippen LogP contribution in [-0.4, -0.2) is 4.98 Å². The first kappa shape index (κ1) is 14.7. The summed E-state index contributed by atoms with van der Waals surface area (Å²) in [7, 11) is 0.